The summed E-state index contributed by atoms with van der Waals surface area (Å²) in [6.45, 7) is 4.18. The fraction of sp³-hybridized carbons (Fsp3) is 0.800. The molecule has 0 aliphatic heterocycles. The quantitative estimate of drug-likeness (QED) is 0.794. The van der Waals surface area contributed by atoms with Crippen molar-refractivity contribution in [2.45, 2.75) is 33.2 Å². The number of hydrogen-bond acceptors (Lipinski definition) is 2. The second kappa shape index (κ2) is 5.79. The van der Waals surface area contributed by atoms with E-state index in [9.17, 15) is 18.4 Å². The number of aliphatic carboxylic acids is 1. The van der Waals surface area contributed by atoms with Crippen molar-refractivity contribution in [3.63, 3.8) is 0 Å². The lowest BCUT2D eigenvalue weighted by Gasteiger charge is -2.29. The van der Waals surface area contributed by atoms with Crippen LogP contribution in [-0.4, -0.2) is 48.1 Å². The van der Waals surface area contributed by atoms with E-state index in [1.807, 2.05) is 0 Å². The summed E-state index contributed by atoms with van der Waals surface area (Å²) in [5, 5.41) is 11.2. The summed E-state index contributed by atoms with van der Waals surface area (Å²) in [6, 6.07) is -1.96. The van der Waals surface area contributed by atoms with Gasteiger partial charge in [0.15, 0.2) is 0 Å². The summed E-state index contributed by atoms with van der Waals surface area (Å²) in [7, 11) is 1.18. The summed E-state index contributed by atoms with van der Waals surface area (Å²) >= 11 is 0. The van der Waals surface area contributed by atoms with Gasteiger partial charge in [0.1, 0.15) is 6.04 Å². The molecule has 0 fully saturated rings. The summed E-state index contributed by atoms with van der Waals surface area (Å²) in [4.78, 5) is 23.2. The topological polar surface area (TPSA) is 69.6 Å². The van der Waals surface area contributed by atoms with Crippen LogP contribution < -0.4 is 5.32 Å². The van der Waals surface area contributed by atoms with Gasteiger partial charge >= 0.3 is 12.0 Å². The Bertz CT molecular complexity index is 290. The molecule has 17 heavy (non-hydrogen) atoms. The number of carbonyl (C=O) groups excluding carboxylic acids is 1. The molecule has 2 amide bonds. The van der Waals surface area contributed by atoms with Gasteiger partial charge in [-0.2, -0.15) is 0 Å². The number of amides is 2. The van der Waals surface area contributed by atoms with Crippen molar-refractivity contribution in [3.8, 4) is 0 Å². The highest BCUT2D eigenvalue weighted by Gasteiger charge is 2.33. The van der Waals surface area contributed by atoms with Crippen LogP contribution in [0.5, 0.6) is 0 Å². The summed E-state index contributed by atoms with van der Waals surface area (Å²) in [5.41, 5.74) is -0.701. The van der Waals surface area contributed by atoms with Crippen molar-refractivity contribution in [2.75, 3.05) is 13.6 Å². The Hall–Kier alpha value is -1.40. The van der Waals surface area contributed by atoms with E-state index in [2.05, 4.69) is 5.32 Å². The van der Waals surface area contributed by atoms with Gasteiger partial charge in [-0.15, -0.1) is 0 Å². The molecule has 2 N–H and O–H groups in total. The van der Waals surface area contributed by atoms with E-state index in [0.29, 0.717) is 0 Å². The van der Waals surface area contributed by atoms with Crippen LogP contribution in [0, 0.1) is 5.41 Å². The highest BCUT2D eigenvalue weighted by atomic mass is 19.3. The van der Waals surface area contributed by atoms with Crippen LogP contribution in [0.25, 0.3) is 0 Å². The van der Waals surface area contributed by atoms with E-state index in [1.54, 1.807) is 20.8 Å². The van der Waals surface area contributed by atoms with E-state index in [0.717, 1.165) is 4.90 Å². The Labute approximate surface area is 98.8 Å². The zero-order chi connectivity index (χ0) is 13.8. The zero-order valence-electron chi connectivity index (χ0n) is 10.3. The van der Waals surface area contributed by atoms with Gasteiger partial charge in [-0.25, -0.2) is 18.4 Å². The average Bonchev–Trinajstić information content (AvgIpc) is 2.09. The van der Waals surface area contributed by atoms with Crippen LogP contribution in [-0.2, 0) is 4.79 Å². The van der Waals surface area contributed by atoms with E-state index in [-0.39, 0.29) is 0 Å². The first-order valence-electron chi connectivity index (χ1n) is 5.08. The molecule has 0 heterocycles. The first kappa shape index (κ1) is 15.6. The fourth-order valence-electron chi connectivity index (χ4n) is 1.17. The molecule has 5 nitrogen and oxygen atoms in total. The third-order valence-corrected chi connectivity index (χ3v) is 2.14. The first-order chi connectivity index (χ1) is 7.55. The number of alkyl halides is 2. The van der Waals surface area contributed by atoms with E-state index >= 15 is 0 Å². The molecule has 0 saturated carbocycles. The van der Waals surface area contributed by atoms with Crippen molar-refractivity contribution < 1.29 is 23.5 Å². The number of hydrogen-bond donors (Lipinski definition) is 2. The summed E-state index contributed by atoms with van der Waals surface area (Å²) < 4.78 is 24.1. The van der Waals surface area contributed by atoms with Crippen molar-refractivity contribution in [3.05, 3.63) is 0 Å². The minimum absolute atomic E-state index is 0.701. The number of carboxylic acids is 1. The molecular weight excluding hydrogens is 234 g/mol. The van der Waals surface area contributed by atoms with Crippen molar-refractivity contribution >= 4 is 12.0 Å². The Morgan fingerprint density at radius 3 is 2.12 bits per heavy atom. The Morgan fingerprint density at radius 1 is 1.35 bits per heavy atom. The summed E-state index contributed by atoms with van der Waals surface area (Å²) in [6.07, 6.45) is -2.65. The van der Waals surface area contributed by atoms with Crippen molar-refractivity contribution in [1.82, 2.24) is 10.2 Å². The predicted molar refractivity (Wildman–Crippen MR) is 58.0 cm³/mol. The van der Waals surface area contributed by atoms with Crippen LogP contribution in [0.15, 0.2) is 0 Å². The molecule has 0 unspecified atom stereocenters. The van der Waals surface area contributed by atoms with Gasteiger partial charge in [-0.3, -0.25) is 0 Å². The lowest BCUT2D eigenvalue weighted by Crippen LogP contribution is -2.53. The second-order valence-corrected chi connectivity index (χ2v) is 4.86. The van der Waals surface area contributed by atoms with E-state index in [4.69, 9.17) is 5.11 Å². The molecule has 0 saturated heterocycles. The van der Waals surface area contributed by atoms with Crippen LogP contribution in [0.4, 0.5) is 13.6 Å². The molecule has 100 valence electrons. The minimum Gasteiger partial charge on any atom is -0.480 e. The third kappa shape index (κ3) is 5.46. The molecule has 0 spiro atoms. The predicted octanol–water partition coefficient (Wildman–Crippen LogP) is 1.39. The average molecular weight is 252 g/mol. The van der Waals surface area contributed by atoms with E-state index < -0.39 is 36.4 Å². The molecule has 0 aliphatic rings. The van der Waals surface area contributed by atoms with Crippen LogP contribution in [0.1, 0.15) is 20.8 Å². The zero-order valence-corrected chi connectivity index (χ0v) is 10.3. The molecule has 0 aromatic carbocycles. The monoisotopic (exact) mass is 252 g/mol. The molecule has 0 aliphatic carbocycles. The van der Waals surface area contributed by atoms with Gasteiger partial charge in [0.25, 0.3) is 6.43 Å². The SMILES string of the molecule is CN(CC(F)F)C(=O)N[C@H](C(=O)O)C(C)(C)C. The maximum atomic E-state index is 12.0. The number of carboxylic acid groups (broad SMARTS) is 1. The maximum Gasteiger partial charge on any atom is 0.326 e. The Morgan fingerprint density at radius 2 is 1.82 bits per heavy atom. The lowest BCUT2D eigenvalue weighted by atomic mass is 9.87. The lowest BCUT2D eigenvalue weighted by molar-refractivity contribution is -0.142. The Kier molecular flexibility index (Phi) is 5.31. The molecular formula is C10H18F2N2O3. The normalized spacial score (nSPS) is 13.4. The number of nitrogens with one attached hydrogen (secondary N) is 1. The largest absolute Gasteiger partial charge is 0.480 e. The second-order valence-electron chi connectivity index (χ2n) is 4.86. The van der Waals surface area contributed by atoms with Gasteiger partial charge in [0.2, 0.25) is 0 Å². The number of rotatable bonds is 4. The summed E-state index contributed by atoms with van der Waals surface area (Å²) in [5.74, 6) is -1.20. The molecule has 0 radical (unpaired) electrons. The van der Waals surface area contributed by atoms with Gasteiger partial charge < -0.3 is 15.3 Å². The smallest absolute Gasteiger partial charge is 0.326 e. The standard InChI is InChI=1S/C10H18F2N2O3/c1-10(2,3)7(8(15)16)13-9(17)14(4)5-6(11)12/h6-7H,5H2,1-4H3,(H,13,17)(H,15,16)/t7-/m1/s1. The molecule has 7 heteroatoms. The maximum absolute atomic E-state index is 12.0. The number of urea groups is 1. The first-order valence-corrected chi connectivity index (χ1v) is 5.08. The van der Waals surface area contributed by atoms with Gasteiger partial charge in [-0.05, 0) is 5.41 Å². The third-order valence-electron chi connectivity index (χ3n) is 2.14. The van der Waals surface area contributed by atoms with E-state index in [1.165, 1.54) is 7.05 Å². The van der Waals surface area contributed by atoms with Crippen LogP contribution in [0.2, 0.25) is 0 Å². The molecule has 0 rings (SSSR count). The molecule has 0 aromatic heterocycles. The highest BCUT2D eigenvalue weighted by molar-refractivity contribution is 5.83. The molecule has 1 atom stereocenters. The van der Waals surface area contributed by atoms with Crippen LogP contribution >= 0.6 is 0 Å². The number of carbonyl (C=O) groups is 2. The fourth-order valence-corrected chi connectivity index (χ4v) is 1.17. The number of nitrogens with zero attached hydrogens (tertiary/aromatic N) is 1. The van der Waals surface area contributed by atoms with Gasteiger partial charge in [0, 0.05) is 7.05 Å². The van der Waals surface area contributed by atoms with Crippen LogP contribution in [0.3, 0.4) is 0 Å². The molecule has 0 aromatic rings. The Balaban J connectivity index is 4.58. The highest BCUT2D eigenvalue weighted by Crippen LogP contribution is 2.19. The van der Waals surface area contributed by atoms with Crippen molar-refractivity contribution in [1.29, 1.82) is 0 Å². The number of halogens is 2. The van der Waals surface area contributed by atoms with Crippen molar-refractivity contribution in [2.24, 2.45) is 5.41 Å². The van der Waals surface area contributed by atoms with Gasteiger partial charge in [-0.1, -0.05) is 20.8 Å². The molecule has 0 bridgehead atoms. The minimum atomic E-state index is -2.65. The van der Waals surface area contributed by atoms with Gasteiger partial charge in [0.05, 0.1) is 6.54 Å².